The smallest absolute Gasteiger partial charge is 0.405 e. The molecule has 0 bridgehead atoms. The highest BCUT2D eigenvalue weighted by Crippen LogP contribution is 2.51. The Morgan fingerprint density at radius 3 is 2.67 bits per heavy atom. The number of methoxy groups -OCH3 is 1. The van der Waals surface area contributed by atoms with E-state index in [-0.39, 0.29) is 28.9 Å². The molecular weight excluding hydrogens is 361 g/mol. The van der Waals surface area contributed by atoms with Crippen LogP contribution in [0.15, 0.2) is 24.3 Å². The molecule has 3 rings (SSSR count). The number of para-hydroxylation sites is 1. The highest BCUT2D eigenvalue weighted by Gasteiger charge is 2.46. The largest absolute Gasteiger partial charge is 0.573 e. The number of rotatable bonds is 7. The molecule has 0 spiro atoms. The van der Waals surface area contributed by atoms with Gasteiger partial charge in [-0.2, -0.15) is 0 Å². The van der Waals surface area contributed by atoms with Gasteiger partial charge in [-0.05, 0) is 49.9 Å². The number of hydrogen-bond donors (Lipinski definition) is 2. The summed E-state index contributed by atoms with van der Waals surface area (Å²) in [6.07, 6.45) is -2.39. The maximum atomic E-state index is 12.6. The van der Waals surface area contributed by atoms with Crippen LogP contribution in [0, 0.1) is 11.3 Å². The van der Waals surface area contributed by atoms with Crippen LogP contribution in [0.25, 0.3) is 0 Å². The summed E-state index contributed by atoms with van der Waals surface area (Å²) in [5, 5.41) is 6.30. The van der Waals surface area contributed by atoms with Crippen molar-refractivity contribution in [3.63, 3.8) is 0 Å². The second-order valence-corrected chi connectivity index (χ2v) is 7.44. The molecule has 1 aliphatic carbocycles. The average Bonchev–Trinajstić information content (AvgIpc) is 3.41. The van der Waals surface area contributed by atoms with E-state index in [4.69, 9.17) is 4.74 Å². The van der Waals surface area contributed by atoms with Crippen LogP contribution in [0.4, 0.5) is 13.2 Å². The molecule has 1 aromatic carbocycles. The Bertz CT molecular complexity index is 654. The second-order valence-electron chi connectivity index (χ2n) is 7.44. The summed E-state index contributed by atoms with van der Waals surface area (Å²) in [5.41, 5.74) is 0.348. The van der Waals surface area contributed by atoms with Gasteiger partial charge >= 0.3 is 6.36 Å². The van der Waals surface area contributed by atoms with Crippen molar-refractivity contribution in [3.05, 3.63) is 29.8 Å². The highest BCUT2D eigenvalue weighted by molar-refractivity contribution is 5.83. The summed E-state index contributed by atoms with van der Waals surface area (Å²) >= 11 is 0. The molecule has 8 heteroatoms. The van der Waals surface area contributed by atoms with Gasteiger partial charge in [0, 0.05) is 25.0 Å². The zero-order valence-electron chi connectivity index (χ0n) is 15.3. The first-order valence-corrected chi connectivity index (χ1v) is 9.16. The van der Waals surface area contributed by atoms with E-state index in [9.17, 15) is 18.0 Å². The van der Waals surface area contributed by atoms with Crippen LogP contribution in [0.5, 0.6) is 5.75 Å². The molecule has 0 radical (unpaired) electrons. The third-order valence-corrected chi connectivity index (χ3v) is 5.42. The van der Waals surface area contributed by atoms with E-state index in [1.807, 2.05) is 0 Å². The van der Waals surface area contributed by atoms with Crippen molar-refractivity contribution in [3.8, 4) is 5.75 Å². The van der Waals surface area contributed by atoms with Gasteiger partial charge in [0.1, 0.15) is 5.75 Å². The SMILES string of the molecule is COCC1(CNC(=O)C2CC2c2ccccc2OC(F)(F)F)CCNCC1. The fraction of sp³-hybridized carbons (Fsp3) is 0.632. The van der Waals surface area contributed by atoms with Crippen LogP contribution in [0.2, 0.25) is 0 Å². The molecule has 1 aliphatic heterocycles. The Kier molecular flexibility index (Phi) is 5.95. The Hall–Kier alpha value is -1.80. The van der Waals surface area contributed by atoms with E-state index in [2.05, 4.69) is 15.4 Å². The Labute approximate surface area is 156 Å². The van der Waals surface area contributed by atoms with E-state index in [0.717, 1.165) is 25.9 Å². The van der Waals surface area contributed by atoms with Gasteiger partial charge in [-0.15, -0.1) is 13.2 Å². The molecule has 1 heterocycles. The first kappa shape index (κ1) is 19.9. The predicted octanol–water partition coefficient (Wildman–Crippen LogP) is 2.82. The summed E-state index contributed by atoms with van der Waals surface area (Å²) < 4.78 is 47.2. The minimum Gasteiger partial charge on any atom is -0.405 e. The van der Waals surface area contributed by atoms with E-state index >= 15 is 0 Å². The van der Waals surface area contributed by atoms with Crippen molar-refractivity contribution >= 4 is 5.91 Å². The minimum atomic E-state index is -4.75. The summed E-state index contributed by atoms with van der Waals surface area (Å²) in [5.74, 6) is -0.894. The van der Waals surface area contributed by atoms with Crippen molar-refractivity contribution in [1.82, 2.24) is 10.6 Å². The zero-order chi connectivity index (χ0) is 19.5. The quantitative estimate of drug-likeness (QED) is 0.757. The molecule has 1 saturated heterocycles. The lowest BCUT2D eigenvalue weighted by Gasteiger charge is -2.37. The fourth-order valence-electron chi connectivity index (χ4n) is 3.87. The van der Waals surface area contributed by atoms with Crippen molar-refractivity contribution in [2.75, 3.05) is 33.4 Å². The standard InChI is InChI=1S/C19H25F3N2O3/c1-26-12-18(6-8-23-9-7-18)11-24-17(25)15-10-14(15)13-4-2-3-5-16(13)27-19(20,21)22/h2-5,14-15,23H,6-12H2,1H3,(H,24,25). The molecular formula is C19H25F3N2O3. The Balaban J connectivity index is 1.59. The van der Waals surface area contributed by atoms with Crippen LogP contribution >= 0.6 is 0 Å². The number of nitrogens with one attached hydrogen (secondary N) is 2. The number of benzene rings is 1. The van der Waals surface area contributed by atoms with Gasteiger partial charge < -0.3 is 20.1 Å². The summed E-state index contributed by atoms with van der Waals surface area (Å²) in [4.78, 5) is 12.5. The van der Waals surface area contributed by atoms with Crippen molar-refractivity contribution in [2.45, 2.75) is 31.5 Å². The van der Waals surface area contributed by atoms with Crippen molar-refractivity contribution in [1.29, 1.82) is 0 Å². The second kappa shape index (κ2) is 8.06. The minimum absolute atomic E-state index is 0.0860. The average molecular weight is 386 g/mol. The lowest BCUT2D eigenvalue weighted by atomic mass is 9.79. The lowest BCUT2D eigenvalue weighted by molar-refractivity contribution is -0.274. The van der Waals surface area contributed by atoms with Gasteiger partial charge in [0.2, 0.25) is 5.91 Å². The van der Waals surface area contributed by atoms with Crippen LogP contribution in [-0.2, 0) is 9.53 Å². The predicted molar refractivity (Wildman–Crippen MR) is 93.4 cm³/mol. The molecule has 2 N–H and O–H groups in total. The third-order valence-electron chi connectivity index (χ3n) is 5.42. The van der Waals surface area contributed by atoms with Gasteiger partial charge in [0.15, 0.2) is 0 Å². The van der Waals surface area contributed by atoms with Gasteiger partial charge in [0.25, 0.3) is 0 Å². The normalized spacial score (nSPS) is 24.3. The third kappa shape index (κ3) is 5.13. The van der Waals surface area contributed by atoms with E-state index in [0.29, 0.717) is 25.1 Å². The molecule has 2 atom stereocenters. The zero-order valence-corrected chi connectivity index (χ0v) is 15.3. The Morgan fingerprint density at radius 2 is 2.00 bits per heavy atom. The van der Waals surface area contributed by atoms with E-state index in [1.54, 1.807) is 19.2 Å². The van der Waals surface area contributed by atoms with Gasteiger partial charge in [-0.3, -0.25) is 4.79 Å². The first-order valence-electron chi connectivity index (χ1n) is 9.16. The highest BCUT2D eigenvalue weighted by atomic mass is 19.4. The van der Waals surface area contributed by atoms with Gasteiger partial charge in [-0.25, -0.2) is 0 Å². The van der Waals surface area contributed by atoms with Gasteiger partial charge in [-0.1, -0.05) is 18.2 Å². The number of piperidine rings is 1. The molecule has 150 valence electrons. The fourth-order valence-corrected chi connectivity index (χ4v) is 3.87. The molecule has 1 amide bonds. The molecule has 0 aromatic heterocycles. The number of carbonyl (C=O) groups is 1. The monoisotopic (exact) mass is 386 g/mol. The maximum absolute atomic E-state index is 12.6. The van der Waals surface area contributed by atoms with Crippen LogP contribution in [0.1, 0.15) is 30.7 Å². The van der Waals surface area contributed by atoms with Crippen molar-refractivity contribution in [2.24, 2.45) is 11.3 Å². The van der Waals surface area contributed by atoms with Crippen LogP contribution in [0.3, 0.4) is 0 Å². The molecule has 2 fully saturated rings. The summed E-state index contributed by atoms with van der Waals surface area (Å²) in [7, 11) is 1.65. The van der Waals surface area contributed by atoms with E-state index in [1.165, 1.54) is 12.1 Å². The number of alkyl halides is 3. The molecule has 1 saturated carbocycles. The molecule has 27 heavy (non-hydrogen) atoms. The van der Waals surface area contributed by atoms with Crippen LogP contribution in [-0.4, -0.2) is 45.6 Å². The van der Waals surface area contributed by atoms with E-state index < -0.39 is 6.36 Å². The number of carbonyl (C=O) groups excluding carboxylic acids is 1. The molecule has 2 aliphatic rings. The van der Waals surface area contributed by atoms with Crippen molar-refractivity contribution < 1.29 is 27.4 Å². The number of amides is 1. The summed E-state index contributed by atoms with van der Waals surface area (Å²) in [6, 6.07) is 6.04. The topological polar surface area (TPSA) is 59.6 Å². The number of halogens is 3. The lowest BCUT2D eigenvalue weighted by Crippen LogP contribution is -2.47. The number of ether oxygens (including phenoxy) is 2. The maximum Gasteiger partial charge on any atom is 0.573 e. The molecule has 5 nitrogen and oxygen atoms in total. The summed E-state index contributed by atoms with van der Waals surface area (Å²) in [6.45, 7) is 2.86. The van der Waals surface area contributed by atoms with Gasteiger partial charge in [0.05, 0.1) is 6.61 Å². The first-order chi connectivity index (χ1) is 12.8. The molecule has 2 unspecified atom stereocenters. The van der Waals surface area contributed by atoms with Crippen LogP contribution < -0.4 is 15.4 Å². The Morgan fingerprint density at radius 1 is 1.30 bits per heavy atom. The molecule has 1 aromatic rings. The number of hydrogen-bond acceptors (Lipinski definition) is 4.